The first-order valence-electron chi connectivity index (χ1n) is 7.66. The van der Waals surface area contributed by atoms with Gasteiger partial charge in [0.1, 0.15) is 5.54 Å². The first-order chi connectivity index (χ1) is 9.01. The van der Waals surface area contributed by atoms with Gasteiger partial charge in [0.05, 0.1) is 0 Å². The molecule has 0 heterocycles. The van der Waals surface area contributed by atoms with E-state index in [9.17, 15) is 9.90 Å². The van der Waals surface area contributed by atoms with Crippen molar-refractivity contribution in [3.63, 3.8) is 0 Å². The molecule has 1 aliphatic carbocycles. The zero-order chi connectivity index (χ0) is 14.3. The number of carboxylic acid groups (broad SMARTS) is 1. The van der Waals surface area contributed by atoms with E-state index in [0.717, 1.165) is 25.3 Å². The molecule has 1 saturated carbocycles. The Hall–Kier alpha value is -0.610. The van der Waals surface area contributed by atoms with Crippen LogP contribution < -0.4 is 5.32 Å². The fraction of sp³-hybridized carbons (Fsp3) is 0.933. The van der Waals surface area contributed by atoms with Crippen LogP contribution >= 0.6 is 0 Å². The van der Waals surface area contributed by atoms with Crippen molar-refractivity contribution in [1.29, 1.82) is 0 Å². The summed E-state index contributed by atoms with van der Waals surface area (Å²) in [7, 11) is 1.73. The minimum atomic E-state index is -0.772. The van der Waals surface area contributed by atoms with Crippen LogP contribution in [0.3, 0.4) is 0 Å². The Morgan fingerprint density at radius 2 is 2.05 bits per heavy atom. The molecule has 4 heteroatoms. The van der Waals surface area contributed by atoms with Crippen molar-refractivity contribution in [2.75, 3.05) is 26.7 Å². The maximum atomic E-state index is 11.2. The van der Waals surface area contributed by atoms with Crippen molar-refractivity contribution >= 4 is 5.97 Å². The molecule has 2 N–H and O–H groups in total. The number of nitrogens with one attached hydrogen (secondary N) is 1. The van der Waals surface area contributed by atoms with Gasteiger partial charge in [0, 0.05) is 6.54 Å². The van der Waals surface area contributed by atoms with Crippen LogP contribution in [-0.4, -0.2) is 48.2 Å². The zero-order valence-electron chi connectivity index (χ0n) is 12.7. The predicted octanol–water partition coefficient (Wildman–Crippen LogP) is 2.34. The van der Waals surface area contributed by atoms with Gasteiger partial charge in [-0.3, -0.25) is 4.79 Å². The molecule has 0 bridgehead atoms. The van der Waals surface area contributed by atoms with E-state index in [1.807, 2.05) is 0 Å². The maximum absolute atomic E-state index is 11.2. The summed E-state index contributed by atoms with van der Waals surface area (Å²) in [5, 5.41) is 12.1. The van der Waals surface area contributed by atoms with E-state index in [4.69, 9.17) is 0 Å². The van der Waals surface area contributed by atoms with Crippen LogP contribution in [0.2, 0.25) is 0 Å². The zero-order valence-corrected chi connectivity index (χ0v) is 12.7. The second kappa shape index (κ2) is 7.85. The van der Waals surface area contributed by atoms with Crippen molar-refractivity contribution in [3.05, 3.63) is 0 Å². The van der Waals surface area contributed by atoms with Crippen molar-refractivity contribution in [2.45, 2.75) is 57.9 Å². The summed E-state index contributed by atoms with van der Waals surface area (Å²) in [5.41, 5.74) is -0.772. The Balaban J connectivity index is 2.21. The van der Waals surface area contributed by atoms with Gasteiger partial charge < -0.3 is 15.3 Å². The fourth-order valence-corrected chi connectivity index (χ4v) is 2.43. The molecule has 1 rings (SSSR count). The Morgan fingerprint density at radius 3 is 2.53 bits per heavy atom. The van der Waals surface area contributed by atoms with E-state index < -0.39 is 11.5 Å². The molecule has 0 amide bonds. The standard InChI is InChI=1S/C15H30N2O2/c1-4-10-17(12-13-7-8-13)11-6-5-9-15(2,16-3)14(18)19/h13,16H,4-12H2,1-3H3,(H,18,19). The maximum Gasteiger partial charge on any atom is 0.323 e. The molecule has 4 nitrogen and oxygen atoms in total. The Kier molecular flexibility index (Phi) is 6.80. The monoisotopic (exact) mass is 270 g/mol. The van der Waals surface area contributed by atoms with Gasteiger partial charge in [0.25, 0.3) is 0 Å². The van der Waals surface area contributed by atoms with Crippen molar-refractivity contribution in [3.8, 4) is 0 Å². The summed E-state index contributed by atoms with van der Waals surface area (Å²) in [6.45, 7) is 7.53. The molecule has 0 saturated heterocycles. The molecule has 0 aliphatic heterocycles. The summed E-state index contributed by atoms with van der Waals surface area (Å²) < 4.78 is 0. The molecular formula is C15H30N2O2. The van der Waals surface area contributed by atoms with E-state index in [1.54, 1.807) is 14.0 Å². The van der Waals surface area contributed by atoms with Gasteiger partial charge in [-0.2, -0.15) is 0 Å². The van der Waals surface area contributed by atoms with Gasteiger partial charge in [-0.1, -0.05) is 6.92 Å². The molecule has 0 aromatic heterocycles. The highest BCUT2D eigenvalue weighted by atomic mass is 16.4. The minimum Gasteiger partial charge on any atom is -0.480 e. The van der Waals surface area contributed by atoms with Crippen LogP contribution in [0.5, 0.6) is 0 Å². The van der Waals surface area contributed by atoms with Crippen LogP contribution in [0.4, 0.5) is 0 Å². The van der Waals surface area contributed by atoms with Crippen molar-refractivity contribution < 1.29 is 9.90 Å². The molecule has 19 heavy (non-hydrogen) atoms. The van der Waals surface area contributed by atoms with Crippen LogP contribution in [0.15, 0.2) is 0 Å². The highest BCUT2D eigenvalue weighted by Crippen LogP contribution is 2.29. The lowest BCUT2D eigenvalue weighted by Gasteiger charge is -2.25. The molecular weight excluding hydrogens is 240 g/mol. The molecule has 1 aliphatic rings. The molecule has 1 atom stereocenters. The number of hydrogen-bond donors (Lipinski definition) is 2. The summed E-state index contributed by atoms with van der Waals surface area (Å²) in [5.74, 6) is 0.187. The topological polar surface area (TPSA) is 52.6 Å². The lowest BCUT2D eigenvalue weighted by Crippen LogP contribution is -2.47. The third-order valence-corrected chi connectivity index (χ3v) is 4.18. The molecule has 0 aromatic rings. The van der Waals surface area contributed by atoms with E-state index in [2.05, 4.69) is 17.1 Å². The number of unbranched alkanes of at least 4 members (excludes halogenated alkanes) is 1. The Morgan fingerprint density at radius 1 is 1.37 bits per heavy atom. The molecule has 0 aromatic carbocycles. The third-order valence-electron chi connectivity index (χ3n) is 4.18. The van der Waals surface area contributed by atoms with Gasteiger partial charge in [0.15, 0.2) is 0 Å². The van der Waals surface area contributed by atoms with Gasteiger partial charge in [0.2, 0.25) is 0 Å². The average Bonchev–Trinajstić information content (AvgIpc) is 3.18. The second-order valence-corrected chi connectivity index (χ2v) is 6.09. The van der Waals surface area contributed by atoms with E-state index >= 15 is 0 Å². The van der Waals surface area contributed by atoms with Crippen molar-refractivity contribution in [2.24, 2.45) is 5.92 Å². The number of nitrogens with zero attached hydrogens (tertiary/aromatic N) is 1. The number of likely N-dealkylation sites (N-methyl/N-ethyl adjacent to an activating group) is 1. The summed E-state index contributed by atoms with van der Waals surface area (Å²) in [6.07, 6.45) is 6.76. The van der Waals surface area contributed by atoms with Crippen LogP contribution in [-0.2, 0) is 4.79 Å². The lowest BCUT2D eigenvalue weighted by molar-refractivity contribution is -0.144. The van der Waals surface area contributed by atoms with Gasteiger partial charge in [-0.05, 0) is 71.5 Å². The predicted molar refractivity (Wildman–Crippen MR) is 78.4 cm³/mol. The largest absolute Gasteiger partial charge is 0.480 e. The van der Waals surface area contributed by atoms with E-state index in [0.29, 0.717) is 6.42 Å². The number of aliphatic carboxylic acids is 1. The highest BCUT2D eigenvalue weighted by molar-refractivity contribution is 5.78. The van der Waals surface area contributed by atoms with Crippen LogP contribution in [0, 0.1) is 5.92 Å². The summed E-state index contributed by atoms with van der Waals surface area (Å²) >= 11 is 0. The minimum absolute atomic E-state index is 0.697. The average molecular weight is 270 g/mol. The number of carboxylic acids is 1. The Labute approximate surface area is 117 Å². The normalized spacial score (nSPS) is 18.5. The fourth-order valence-electron chi connectivity index (χ4n) is 2.43. The molecule has 1 fully saturated rings. The molecule has 0 spiro atoms. The van der Waals surface area contributed by atoms with E-state index in [-0.39, 0.29) is 0 Å². The number of carbonyl (C=O) groups is 1. The molecule has 1 unspecified atom stereocenters. The van der Waals surface area contributed by atoms with Crippen molar-refractivity contribution in [1.82, 2.24) is 10.2 Å². The molecule has 112 valence electrons. The smallest absolute Gasteiger partial charge is 0.323 e. The van der Waals surface area contributed by atoms with Crippen LogP contribution in [0.1, 0.15) is 52.4 Å². The van der Waals surface area contributed by atoms with E-state index in [1.165, 1.54) is 32.4 Å². The van der Waals surface area contributed by atoms with Gasteiger partial charge >= 0.3 is 5.97 Å². The highest BCUT2D eigenvalue weighted by Gasteiger charge is 2.30. The third kappa shape index (κ3) is 5.91. The van der Waals surface area contributed by atoms with Gasteiger partial charge in [-0.15, -0.1) is 0 Å². The summed E-state index contributed by atoms with van der Waals surface area (Å²) in [6, 6.07) is 0. The lowest BCUT2D eigenvalue weighted by atomic mass is 9.95. The first-order valence-corrected chi connectivity index (χ1v) is 7.66. The SMILES string of the molecule is CCCN(CCCCC(C)(NC)C(=O)O)CC1CC1. The Bertz CT molecular complexity index is 279. The molecule has 0 radical (unpaired) electrons. The number of hydrogen-bond acceptors (Lipinski definition) is 3. The first kappa shape index (κ1) is 16.4. The van der Waals surface area contributed by atoms with Gasteiger partial charge in [-0.25, -0.2) is 0 Å². The number of rotatable bonds is 11. The quantitative estimate of drug-likeness (QED) is 0.566. The summed E-state index contributed by atoms with van der Waals surface area (Å²) in [4.78, 5) is 13.7. The van der Waals surface area contributed by atoms with Crippen LogP contribution in [0.25, 0.3) is 0 Å². The second-order valence-electron chi connectivity index (χ2n) is 6.09.